The van der Waals surface area contributed by atoms with Crippen LogP contribution in [0, 0.1) is 0 Å². The highest BCUT2D eigenvalue weighted by Gasteiger charge is 2.45. The number of rotatable bonds is 12. The molecule has 0 aliphatic carbocycles. The van der Waals surface area contributed by atoms with Crippen LogP contribution in [0.1, 0.15) is 38.8 Å². The SMILES string of the molecule is O=C(O)c1ccc(OCCc2c(CCNS(=O)(=O)C(F)(F)F)n(C(c3ccccc3)c3ccccc3)c3ccc(Cl)cc23)cc1. The number of halogens is 4. The zero-order valence-electron chi connectivity index (χ0n) is 23.7. The van der Waals surface area contributed by atoms with Crippen molar-refractivity contribution in [2.24, 2.45) is 0 Å². The number of ether oxygens (including phenoxy) is 1. The third-order valence-corrected chi connectivity index (χ3v) is 8.78. The summed E-state index contributed by atoms with van der Waals surface area (Å²) in [7, 11) is -5.56. The lowest BCUT2D eigenvalue weighted by Crippen LogP contribution is -2.37. The maximum Gasteiger partial charge on any atom is 0.511 e. The third-order valence-electron chi connectivity index (χ3n) is 7.35. The first-order valence-corrected chi connectivity index (χ1v) is 15.8. The topological polar surface area (TPSA) is 97.6 Å². The predicted molar refractivity (Wildman–Crippen MR) is 166 cm³/mol. The highest BCUT2D eigenvalue weighted by Crippen LogP contribution is 2.38. The molecule has 7 nitrogen and oxygen atoms in total. The second kappa shape index (κ2) is 13.4. The molecule has 0 aliphatic heterocycles. The molecule has 0 unspecified atom stereocenters. The molecule has 45 heavy (non-hydrogen) atoms. The van der Waals surface area contributed by atoms with E-state index in [0.29, 0.717) is 22.9 Å². The number of alkyl halides is 3. The Balaban J connectivity index is 1.62. The fourth-order valence-corrected chi connectivity index (χ4v) is 6.07. The van der Waals surface area contributed by atoms with E-state index in [1.54, 1.807) is 16.9 Å². The zero-order valence-corrected chi connectivity index (χ0v) is 25.2. The lowest BCUT2D eigenvalue weighted by Gasteiger charge is -2.25. The second-order valence-electron chi connectivity index (χ2n) is 10.2. The van der Waals surface area contributed by atoms with Crippen LogP contribution in [0.15, 0.2) is 103 Å². The molecule has 0 radical (unpaired) electrons. The van der Waals surface area contributed by atoms with Crippen molar-refractivity contribution in [3.63, 3.8) is 0 Å². The van der Waals surface area contributed by atoms with Gasteiger partial charge in [-0.25, -0.2) is 17.9 Å². The van der Waals surface area contributed by atoms with Gasteiger partial charge in [0, 0.05) is 41.0 Å². The van der Waals surface area contributed by atoms with E-state index in [2.05, 4.69) is 0 Å². The number of nitrogens with one attached hydrogen (secondary N) is 1. The molecule has 12 heteroatoms. The maximum absolute atomic E-state index is 13.2. The Labute approximate surface area is 262 Å². The van der Waals surface area contributed by atoms with E-state index >= 15 is 0 Å². The van der Waals surface area contributed by atoms with Gasteiger partial charge in [0.1, 0.15) is 5.75 Å². The smallest absolute Gasteiger partial charge is 0.493 e. The van der Waals surface area contributed by atoms with E-state index in [1.165, 1.54) is 24.3 Å². The van der Waals surface area contributed by atoms with Gasteiger partial charge in [-0.2, -0.15) is 13.2 Å². The van der Waals surface area contributed by atoms with Gasteiger partial charge >= 0.3 is 21.5 Å². The highest BCUT2D eigenvalue weighted by atomic mass is 35.5. The van der Waals surface area contributed by atoms with Crippen molar-refractivity contribution < 1.29 is 36.2 Å². The number of carboxylic acid groups (broad SMARTS) is 1. The molecule has 0 aliphatic rings. The van der Waals surface area contributed by atoms with Crippen LogP contribution in [-0.4, -0.2) is 42.7 Å². The number of carboxylic acids is 1. The number of aromatic carboxylic acids is 1. The molecule has 0 atom stereocenters. The summed E-state index contributed by atoms with van der Waals surface area (Å²) < 4.78 is 73.0. The van der Waals surface area contributed by atoms with Crippen LogP contribution in [0.5, 0.6) is 5.75 Å². The van der Waals surface area contributed by atoms with Crippen LogP contribution in [-0.2, 0) is 22.9 Å². The largest absolute Gasteiger partial charge is 0.511 e. The molecule has 1 heterocycles. The van der Waals surface area contributed by atoms with E-state index in [-0.39, 0.29) is 18.6 Å². The molecular weight excluding hydrogens is 629 g/mol. The van der Waals surface area contributed by atoms with Gasteiger partial charge < -0.3 is 14.4 Å². The summed E-state index contributed by atoms with van der Waals surface area (Å²) in [4.78, 5) is 11.2. The molecule has 2 N–H and O–H groups in total. The highest BCUT2D eigenvalue weighted by molar-refractivity contribution is 7.90. The first-order chi connectivity index (χ1) is 21.5. The number of hydrogen-bond donors (Lipinski definition) is 2. The number of aromatic nitrogens is 1. The Morgan fingerprint density at radius 2 is 1.49 bits per heavy atom. The summed E-state index contributed by atoms with van der Waals surface area (Å²) in [6.45, 7) is -0.368. The average molecular weight is 657 g/mol. The van der Waals surface area contributed by atoms with Gasteiger partial charge in [0.05, 0.1) is 18.2 Å². The van der Waals surface area contributed by atoms with Crippen molar-refractivity contribution in [2.45, 2.75) is 24.4 Å². The normalized spacial score (nSPS) is 12.1. The third kappa shape index (κ3) is 7.16. The number of hydrogen-bond acceptors (Lipinski definition) is 4. The number of fused-ring (bicyclic) bond motifs is 1. The molecule has 0 spiro atoms. The Bertz CT molecular complexity index is 1860. The quantitative estimate of drug-likeness (QED) is 0.148. The van der Waals surface area contributed by atoms with E-state index in [4.69, 9.17) is 16.3 Å². The molecule has 0 saturated heterocycles. The summed E-state index contributed by atoms with van der Waals surface area (Å²) in [6, 6.07) is 30.1. The monoisotopic (exact) mass is 656 g/mol. The Kier molecular flexibility index (Phi) is 9.52. The average Bonchev–Trinajstić information content (AvgIpc) is 3.29. The van der Waals surface area contributed by atoms with Crippen molar-refractivity contribution in [3.05, 3.63) is 136 Å². The van der Waals surface area contributed by atoms with E-state index in [0.717, 1.165) is 27.6 Å². The summed E-state index contributed by atoms with van der Waals surface area (Å²) in [6.07, 6.45) is 0.225. The molecule has 234 valence electrons. The Morgan fingerprint density at radius 3 is 2.04 bits per heavy atom. The van der Waals surface area contributed by atoms with Crippen molar-refractivity contribution in [1.82, 2.24) is 9.29 Å². The Hall–Kier alpha value is -4.32. The number of carbonyl (C=O) groups is 1. The molecular formula is C33H28ClF3N2O5S. The molecule has 4 aromatic carbocycles. The molecule has 5 rings (SSSR count). The fraction of sp³-hybridized carbons (Fsp3) is 0.182. The standard InChI is InChI=1S/C33H28ClF3N2O5S/c34-25-13-16-29-28(21-25)27(18-20-44-26-14-11-24(12-15-26)32(40)41)30(17-19-38-45(42,43)33(35,36)37)39(29)31(22-7-3-1-4-8-22)23-9-5-2-6-10-23/h1-16,21,31,38H,17-20H2,(H,40,41). The van der Waals surface area contributed by atoms with Crippen LogP contribution < -0.4 is 9.46 Å². The molecule has 0 amide bonds. The van der Waals surface area contributed by atoms with Crippen molar-refractivity contribution in [1.29, 1.82) is 0 Å². The number of nitrogens with zero attached hydrogens (tertiary/aromatic N) is 1. The maximum atomic E-state index is 13.2. The van der Waals surface area contributed by atoms with Gasteiger partial charge in [0.25, 0.3) is 0 Å². The van der Waals surface area contributed by atoms with Gasteiger partial charge in [-0.15, -0.1) is 0 Å². The van der Waals surface area contributed by atoms with Crippen LogP contribution in [0.4, 0.5) is 13.2 Å². The fourth-order valence-electron chi connectivity index (χ4n) is 5.36. The zero-order chi connectivity index (χ0) is 32.2. The van der Waals surface area contributed by atoms with Gasteiger partial charge in [-0.1, -0.05) is 72.3 Å². The predicted octanol–water partition coefficient (Wildman–Crippen LogP) is 7.23. The van der Waals surface area contributed by atoms with Crippen molar-refractivity contribution in [3.8, 4) is 5.75 Å². The Morgan fingerprint density at radius 1 is 0.889 bits per heavy atom. The van der Waals surface area contributed by atoms with E-state index in [1.807, 2.05) is 71.3 Å². The van der Waals surface area contributed by atoms with E-state index < -0.39 is 34.1 Å². The van der Waals surface area contributed by atoms with Gasteiger partial charge in [-0.05, 0) is 59.2 Å². The van der Waals surface area contributed by atoms with Crippen LogP contribution in [0.3, 0.4) is 0 Å². The van der Waals surface area contributed by atoms with Crippen LogP contribution >= 0.6 is 11.6 Å². The second-order valence-corrected chi connectivity index (χ2v) is 12.4. The molecule has 5 aromatic rings. The van der Waals surface area contributed by atoms with Crippen molar-refractivity contribution in [2.75, 3.05) is 13.2 Å². The minimum Gasteiger partial charge on any atom is -0.493 e. The van der Waals surface area contributed by atoms with Gasteiger partial charge in [-0.3, -0.25) is 0 Å². The molecule has 1 aromatic heterocycles. The minimum atomic E-state index is -5.56. The van der Waals surface area contributed by atoms with Crippen LogP contribution in [0.25, 0.3) is 10.9 Å². The molecule has 0 bridgehead atoms. The van der Waals surface area contributed by atoms with Crippen molar-refractivity contribution >= 4 is 38.5 Å². The van der Waals surface area contributed by atoms with Crippen LogP contribution in [0.2, 0.25) is 5.02 Å². The summed E-state index contributed by atoms with van der Waals surface area (Å²) in [5.74, 6) is -0.629. The summed E-state index contributed by atoms with van der Waals surface area (Å²) in [5.41, 5.74) is -1.42. The minimum absolute atomic E-state index is 0.0690. The van der Waals surface area contributed by atoms with Gasteiger partial charge in [0.15, 0.2) is 0 Å². The lowest BCUT2D eigenvalue weighted by molar-refractivity contribution is -0.0447. The van der Waals surface area contributed by atoms with Gasteiger partial charge in [0.2, 0.25) is 0 Å². The molecule has 0 fully saturated rings. The first kappa shape index (κ1) is 32.1. The summed E-state index contributed by atoms with van der Waals surface area (Å²) in [5, 5.41) is 10.4. The number of benzene rings is 4. The summed E-state index contributed by atoms with van der Waals surface area (Å²) >= 11 is 6.45. The van der Waals surface area contributed by atoms with E-state index in [9.17, 15) is 31.5 Å². The molecule has 0 saturated carbocycles. The number of sulfonamides is 1. The lowest BCUT2D eigenvalue weighted by atomic mass is 9.97. The first-order valence-electron chi connectivity index (χ1n) is 13.9.